The molecule has 13 heavy (non-hydrogen) atoms. The number of rotatable bonds is 1. The van der Waals surface area contributed by atoms with E-state index >= 15 is 0 Å². The van der Waals surface area contributed by atoms with Gasteiger partial charge in [-0.1, -0.05) is 24.3 Å². The molecule has 0 spiro atoms. The smallest absolute Gasteiger partial charge is 0.116 e. The fraction of sp³-hybridized carbons (Fsp3) is 0.0909. The molecule has 2 heteroatoms. The molecule has 2 nitrogen and oxygen atoms in total. The maximum absolute atomic E-state index is 9.39. The van der Waals surface area contributed by atoms with Gasteiger partial charge in [0.1, 0.15) is 5.75 Å². The van der Waals surface area contributed by atoms with Gasteiger partial charge in [0.15, 0.2) is 0 Å². The Morgan fingerprint density at radius 1 is 1.15 bits per heavy atom. The second kappa shape index (κ2) is 3.07. The quantitative estimate of drug-likeness (QED) is 0.692. The summed E-state index contributed by atoms with van der Waals surface area (Å²) in [5, 5.41) is 11.5. The monoisotopic (exact) mass is 173 g/mol. The SMILES string of the molecule is NCc1cc(O)cc2ccccc12. The van der Waals surface area contributed by atoms with Gasteiger partial charge in [-0.3, -0.25) is 0 Å². The normalized spacial score (nSPS) is 10.5. The molecule has 0 atom stereocenters. The van der Waals surface area contributed by atoms with Gasteiger partial charge in [-0.25, -0.2) is 0 Å². The van der Waals surface area contributed by atoms with Crippen molar-refractivity contribution in [2.24, 2.45) is 5.73 Å². The lowest BCUT2D eigenvalue weighted by Crippen LogP contribution is -1.96. The van der Waals surface area contributed by atoms with Crippen LogP contribution in [0.15, 0.2) is 36.4 Å². The fourth-order valence-corrected chi connectivity index (χ4v) is 1.54. The lowest BCUT2D eigenvalue weighted by atomic mass is 10.0. The lowest BCUT2D eigenvalue weighted by Gasteiger charge is -2.04. The molecule has 2 aromatic rings. The van der Waals surface area contributed by atoms with Crippen molar-refractivity contribution in [3.8, 4) is 5.75 Å². The van der Waals surface area contributed by atoms with Gasteiger partial charge in [0.2, 0.25) is 0 Å². The number of fused-ring (bicyclic) bond motifs is 1. The number of hydrogen-bond donors (Lipinski definition) is 2. The number of nitrogens with two attached hydrogens (primary N) is 1. The van der Waals surface area contributed by atoms with Crippen LogP contribution in [0.1, 0.15) is 5.56 Å². The average molecular weight is 173 g/mol. The minimum absolute atomic E-state index is 0.277. The number of phenolic OH excluding ortho intramolecular Hbond substituents is 1. The summed E-state index contributed by atoms with van der Waals surface area (Å²) in [6.45, 7) is 0.453. The van der Waals surface area contributed by atoms with Crippen molar-refractivity contribution in [1.82, 2.24) is 0 Å². The highest BCUT2D eigenvalue weighted by Crippen LogP contribution is 2.23. The molecule has 0 saturated carbocycles. The van der Waals surface area contributed by atoms with E-state index in [0.29, 0.717) is 6.54 Å². The topological polar surface area (TPSA) is 46.2 Å². The van der Waals surface area contributed by atoms with E-state index in [0.717, 1.165) is 16.3 Å². The zero-order valence-corrected chi connectivity index (χ0v) is 7.20. The molecule has 0 aliphatic heterocycles. The van der Waals surface area contributed by atoms with Crippen molar-refractivity contribution in [1.29, 1.82) is 0 Å². The Hall–Kier alpha value is -1.54. The van der Waals surface area contributed by atoms with Crippen LogP contribution >= 0.6 is 0 Å². The van der Waals surface area contributed by atoms with Gasteiger partial charge >= 0.3 is 0 Å². The second-order valence-corrected chi connectivity index (χ2v) is 3.03. The fourth-order valence-electron chi connectivity index (χ4n) is 1.54. The van der Waals surface area contributed by atoms with Crippen LogP contribution in [0.4, 0.5) is 0 Å². The first-order valence-corrected chi connectivity index (χ1v) is 4.22. The van der Waals surface area contributed by atoms with Crippen molar-refractivity contribution in [2.45, 2.75) is 6.54 Å². The van der Waals surface area contributed by atoms with Crippen molar-refractivity contribution in [3.05, 3.63) is 42.0 Å². The Balaban J connectivity index is 2.81. The van der Waals surface area contributed by atoms with E-state index in [4.69, 9.17) is 5.73 Å². The van der Waals surface area contributed by atoms with Crippen LogP contribution in [0.3, 0.4) is 0 Å². The van der Waals surface area contributed by atoms with Crippen LogP contribution in [0.2, 0.25) is 0 Å². The standard InChI is InChI=1S/C11H11NO/c12-7-9-6-10(13)5-8-3-1-2-4-11(8)9/h1-6,13H,7,12H2. The van der Waals surface area contributed by atoms with E-state index in [1.54, 1.807) is 12.1 Å². The first-order valence-electron chi connectivity index (χ1n) is 4.22. The van der Waals surface area contributed by atoms with Gasteiger partial charge in [-0.2, -0.15) is 0 Å². The minimum Gasteiger partial charge on any atom is -0.508 e. The van der Waals surface area contributed by atoms with Crippen LogP contribution in [-0.2, 0) is 6.54 Å². The summed E-state index contributed by atoms with van der Waals surface area (Å²) >= 11 is 0. The molecule has 0 fully saturated rings. The molecular weight excluding hydrogens is 162 g/mol. The Labute approximate surface area is 76.6 Å². The summed E-state index contributed by atoms with van der Waals surface area (Å²) in [6, 6.07) is 11.3. The third kappa shape index (κ3) is 1.36. The summed E-state index contributed by atoms with van der Waals surface area (Å²) in [4.78, 5) is 0. The van der Waals surface area contributed by atoms with Crippen molar-refractivity contribution in [3.63, 3.8) is 0 Å². The zero-order chi connectivity index (χ0) is 9.26. The maximum atomic E-state index is 9.39. The minimum atomic E-state index is 0.277. The third-order valence-electron chi connectivity index (χ3n) is 2.15. The van der Waals surface area contributed by atoms with E-state index < -0.39 is 0 Å². The lowest BCUT2D eigenvalue weighted by molar-refractivity contribution is 0.475. The van der Waals surface area contributed by atoms with Gasteiger partial charge in [0, 0.05) is 6.54 Å². The van der Waals surface area contributed by atoms with Crippen LogP contribution in [0, 0.1) is 0 Å². The molecule has 2 rings (SSSR count). The molecule has 0 radical (unpaired) electrons. The summed E-state index contributed by atoms with van der Waals surface area (Å²) in [7, 11) is 0. The first-order chi connectivity index (χ1) is 6.31. The highest BCUT2D eigenvalue weighted by Gasteiger charge is 2.00. The van der Waals surface area contributed by atoms with Crippen molar-refractivity contribution < 1.29 is 5.11 Å². The highest BCUT2D eigenvalue weighted by atomic mass is 16.3. The van der Waals surface area contributed by atoms with Crippen LogP contribution < -0.4 is 5.73 Å². The largest absolute Gasteiger partial charge is 0.508 e. The molecule has 0 aromatic heterocycles. The van der Waals surface area contributed by atoms with Crippen molar-refractivity contribution in [2.75, 3.05) is 0 Å². The third-order valence-corrected chi connectivity index (χ3v) is 2.15. The van der Waals surface area contributed by atoms with Gasteiger partial charge in [-0.05, 0) is 28.5 Å². The van der Waals surface area contributed by atoms with Gasteiger partial charge < -0.3 is 10.8 Å². The van der Waals surface area contributed by atoms with Gasteiger partial charge in [-0.15, -0.1) is 0 Å². The number of phenols is 1. The molecule has 66 valence electrons. The molecule has 0 heterocycles. The van der Waals surface area contributed by atoms with Crippen LogP contribution in [-0.4, -0.2) is 5.11 Å². The number of aromatic hydroxyl groups is 1. The Morgan fingerprint density at radius 2 is 1.92 bits per heavy atom. The first kappa shape index (κ1) is 8.08. The van der Waals surface area contributed by atoms with Crippen molar-refractivity contribution >= 4 is 10.8 Å². The average Bonchev–Trinajstić information content (AvgIpc) is 2.16. The second-order valence-electron chi connectivity index (χ2n) is 3.03. The predicted molar refractivity (Wildman–Crippen MR) is 53.5 cm³/mol. The van der Waals surface area contributed by atoms with E-state index in [1.165, 1.54) is 0 Å². The van der Waals surface area contributed by atoms with Crippen LogP contribution in [0.5, 0.6) is 5.75 Å². The van der Waals surface area contributed by atoms with Gasteiger partial charge in [0.25, 0.3) is 0 Å². The summed E-state index contributed by atoms with van der Waals surface area (Å²) in [5.41, 5.74) is 6.56. The zero-order valence-electron chi connectivity index (χ0n) is 7.20. The molecule has 3 N–H and O–H groups in total. The summed E-state index contributed by atoms with van der Waals surface area (Å²) in [6.07, 6.45) is 0. The Kier molecular flexibility index (Phi) is 1.91. The molecule has 0 aliphatic carbocycles. The Bertz CT molecular complexity index is 437. The Morgan fingerprint density at radius 3 is 2.69 bits per heavy atom. The molecule has 0 amide bonds. The molecule has 0 saturated heterocycles. The molecule has 0 bridgehead atoms. The van der Waals surface area contributed by atoms with E-state index in [2.05, 4.69) is 0 Å². The summed E-state index contributed by atoms with van der Waals surface area (Å²) < 4.78 is 0. The van der Waals surface area contributed by atoms with E-state index in [9.17, 15) is 5.11 Å². The number of benzene rings is 2. The summed E-state index contributed by atoms with van der Waals surface area (Å²) in [5.74, 6) is 0.277. The van der Waals surface area contributed by atoms with Crippen LogP contribution in [0.25, 0.3) is 10.8 Å². The van der Waals surface area contributed by atoms with Gasteiger partial charge in [0.05, 0.1) is 0 Å². The van der Waals surface area contributed by atoms with E-state index in [-0.39, 0.29) is 5.75 Å². The highest BCUT2D eigenvalue weighted by molar-refractivity contribution is 5.87. The molecular formula is C11H11NO. The molecule has 0 unspecified atom stereocenters. The molecule has 2 aromatic carbocycles. The maximum Gasteiger partial charge on any atom is 0.116 e. The molecule has 0 aliphatic rings. The number of hydrogen-bond acceptors (Lipinski definition) is 2. The van der Waals surface area contributed by atoms with E-state index in [1.807, 2.05) is 24.3 Å². The predicted octanol–water partition coefficient (Wildman–Crippen LogP) is 2.00.